The predicted molar refractivity (Wildman–Crippen MR) is 91.8 cm³/mol. The van der Waals surface area contributed by atoms with Crippen LogP contribution in [-0.4, -0.2) is 33.0 Å². The molecule has 5 nitrogen and oxygen atoms in total. The Kier molecular flexibility index (Phi) is 3.74. The summed E-state index contributed by atoms with van der Waals surface area (Å²) in [5.74, 6) is 0.555. The molecule has 1 aliphatic rings. The number of carbonyl (C=O) groups is 1. The summed E-state index contributed by atoms with van der Waals surface area (Å²) in [4.78, 5) is 19.8. The second kappa shape index (κ2) is 5.90. The van der Waals surface area contributed by atoms with E-state index in [1.54, 1.807) is 23.3 Å². The molecule has 0 aliphatic heterocycles. The van der Waals surface area contributed by atoms with E-state index in [1.807, 2.05) is 22.9 Å². The molecule has 0 radical (unpaired) electrons. The van der Waals surface area contributed by atoms with Gasteiger partial charge in [-0.05, 0) is 30.4 Å². The molecule has 3 aromatic rings. The number of nitrogens with one attached hydrogen (secondary N) is 1. The zero-order chi connectivity index (χ0) is 15.8. The summed E-state index contributed by atoms with van der Waals surface area (Å²) >= 11 is 3.14. The minimum atomic E-state index is -0.0633. The van der Waals surface area contributed by atoms with Crippen LogP contribution in [0, 0.1) is 0 Å². The van der Waals surface area contributed by atoms with Gasteiger partial charge in [0.2, 0.25) is 0 Å². The molecule has 0 aromatic carbocycles. The molecule has 0 spiro atoms. The maximum Gasteiger partial charge on any atom is 0.273 e. The highest BCUT2D eigenvalue weighted by Crippen LogP contribution is 2.39. The van der Waals surface area contributed by atoms with Crippen LogP contribution in [0.1, 0.15) is 40.6 Å². The van der Waals surface area contributed by atoms with Crippen LogP contribution in [0.25, 0.3) is 9.88 Å². The highest BCUT2D eigenvalue weighted by atomic mass is 32.1. The second-order valence-corrected chi connectivity index (χ2v) is 7.57. The van der Waals surface area contributed by atoms with Gasteiger partial charge in [0, 0.05) is 18.3 Å². The van der Waals surface area contributed by atoms with Crippen molar-refractivity contribution in [1.82, 2.24) is 20.1 Å². The van der Waals surface area contributed by atoms with Crippen molar-refractivity contribution in [1.29, 1.82) is 0 Å². The fourth-order valence-electron chi connectivity index (χ4n) is 2.46. The van der Waals surface area contributed by atoms with Crippen molar-refractivity contribution in [3.8, 4) is 9.88 Å². The number of hydrogen-bond acceptors (Lipinski definition) is 5. The lowest BCUT2D eigenvalue weighted by Crippen LogP contribution is -2.26. The van der Waals surface area contributed by atoms with Crippen molar-refractivity contribution in [2.24, 2.45) is 0 Å². The minimum absolute atomic E-state index is 0.0633. The van der Waals surface area contributed by atoms with Crippen LogP contribution >= 0.6 is 22.7 Å². The molecule has 1 amide bonds. The summed E-state index contributed by atoms with van der Waals surface area (Å²) in [6, 6.07) is 6.08. The molecule has 0 saturated heterocycles. The van der Waals surface area contributed by atoms with E-state index in [-0.39, 0.29) is 5.91 Å². The molecule has 3 heterocycles. The normalized spacial score (nSPS) is 14.1. The highest BCUT2D eigenvalue weighted by Gasteiger charge is 2.26. The second-order valence-electron chi connectivity index (χ2n) is 5.77. The molecule has 1 saturated carbocycles. The van der Waals surface area contributed by atoms with Crippen molar-refractivity contribution in [2.75, 3.05) is 7.05 Å². The van der Waals surface area contributed by atoms with E-state index in [9.17, 15) is 4.79 Å². The third kappa shape index (κ3) is 3.07. The van der Waals surface area contributed by atoms with Gasteiger partial charge in [-0.3, -0.25) is 9.89 Å². The lowest BCUT2D eigenvalue weighted by Gasteiger charge is -2.14. The molecular formula is C16H16N4OS2. The number of thiazole rings is 1. The van der Waals surface area contributed by atoms with Gasteiger partial charge in [-0.25, -0.2) is 4.98 Å². The highest BCUT2D eigenvalue weighted by molar-refractivity contribution is 7.20. The molecule has 1 aliphatic carbocycles. The first-order valence-electron chi connectivity index (χ1n) is 7.50. The topological polar surface area (TPSA) is 61.9 Å². The van der Waals surface area contributed by atoms with Crippen molar-refractivity contribution in [2.45, 2.75) is 25.3 Å². The summed E-state index contributed by atoms with van der Waals surface area (Å²) < 4.78 is 0. The monoisotopic (exact) mass is 344 g/mol. The van der Waals surface area contributed by atoms with Gasteiger partial charge in [-0.2, -0.15) is 5.10 Å². The smallest absolute Gasteiger partial charge is 0.273 e. The number of carbonyl (C=O) groups excluding carboxylic acids is 1. The van der Waals surface area contributed by atoms with Crippen LogP contribution in [0.5, 0.6) is 0 Å². The van der Waals surface area contributed by atoms with Crippen molar-refractivity contribution in [3.63, 3.8) is 0 Å². The first-order valence-corrected chi connectivity index (χ1v) is 9.25. The van der Waals surface area contributed by atoms with Crippen LogP contribution in [0.15, 0.2) is 29.0 Å². The molecule has 4 rings (SSSR count). The van der Waals surface area contributed by atoms with Gasteiger partial charge < -0.3 is 4.90 Å². The molecule has 0 atom stereocenters. The van der Waals surface area contributed by atoms with Crippen molar-refractivity contribution in [3.05, 3.63) is 46.0 Å². The minimum Gasteiger partial charge on any atom is -0.334 e. The number of aromatic amines is 1. The number of hydrogen-bond donors (Lipinski definition) is 1. The third-order valence-corrected chi connectivity index (χ3v) is 5.74. The number of rotatable bonds is 5. The number of thiophene rings is 1. The van der Waals surface area contributed by atoms with E-state index in [0.29, 0.717) is 18.2 Å². The maximum absolute atomic E-state index is 12.5. The number of nitrogens with zero attached hydrogens (tertiary/aromatic N) is 3. The Morgan fingerprint density at radius 1 is 1.43 bits per heavy atom. The Balaban J connectivity index is 1.45. The van der Waals surface area contributed by atoms with E-state index in [2.05, 4.69) is 21.2 Å². The van der Waals surface area contributed by atoms with Crippen LogP contribution in [0.2, 0.25) is 0 Å². The lowest BCUT2D eigenvalue weighted by atomic mass is 10.2. The largest absolute Gasteiger partial charge is 0.334 e. The Morgan fingerprint density at radius 3 is 3.04 bits per heavy atom. The number of H-pyrrole nitrogens is 1. The molecule has 0 bridgehead atoms. The van der Waals surface area contributed by atoms with Crippen molar-refractivity contribution < 1.29 is 4.79 Å². The van der Waals surface area contributed by atoms with Gasteiger partial charge in [0.1, 0.15) is 10.7 Å². The zero-order valence-electron chi connectivity index (χ0n) is 12.7. The Hall–Kier alpha value is -1.99. The molecule has 3 aromatic heterocycles. The molecule has 1 fully saturated rings. The average Bonchev–Trinajstić information content (AvgIpc) is 3.02. The molecule has 118 valence electrons. The Labute approximate surface area is 142 Å². The summed E-state index contributed by atoms with van der Waals surface area (Å²) in [5.41, 5.74) is 2.59. The van der Waals surface area contributed by atoms with Gasteiger partial charge in [0.05, 0.1) is 22.8 Å². The zero-order valence-corrected chi connectivity index (χ0v) is 14.3. The standard InChI is InChI=1S/C16H16N4OS2/c1-20(8-11-7-12(19-18-11)10-4-5-10)16(21)13-9-23-15(17-13)14-3-2-6-22-14/h2-3,6-7,9-10H,4-5,8H2,1H3,(H,18,19). The fraction of sp³-hybridized carbons (Fsp3) is 0.312. The molecule has 23 heavy (non-hydrogen) atoms. The van der Waals surface area contributed by atoms with Gasteiger partial charge in [0.25, 0.3) is 5.91 Å². The summed E-state index contributed by atoms with van der Waals surface area (Å²) in [6.07, 6.45) is 2.45. The third-order valence-electron chi connectivity index (χ3n) is 3.86. The van der Waals surface area contributed by atoms with Crippen LogP contribution < -0.4 is 0 Å². The Morgan fingerprint density at radius 2 is 2.30 bits per heavy atom. The van der Waals surface area contributed by atoms with Crippen LogP contribution in [0.4, 0.5) is 0 Å². The maximum atomic E-state index is 12.5. The van der Waals surface area contributed by atoms with E-state index in [0.717, 1.165) is 21.3 Å². The summed E-state index contributed by atoms with van der Waals surface area (Å²) in [6.45, 7) is 0.518. The summed E-state index contributed by atoms with van der Waals surface area (Å²) in [5, 5.41) is 12.1. The van der Waals surface area contributed by atoms with E-state index in [4.69, 9.17) is 0 Å². The van der Waals surface area contributed by atoms with Gasteiger partial charge in [-0.1, -0.05) is 6.07 Å². The van der Waals surface area contributed by atoms with E-state index < -0.39 is 0 Å². The SMILES string of the molecule is CN(Cc1cc(C2CC2)n[nH]1)C(=O)c1csc(-c2cccs2)n1. The van der Waals surface area contributed by atoms with Gasteiger partial charge in [-0.15, -0.1) is 22.7 Å². The first kappa shape index (κ1) is 14.6. The van der Waals surface area contributed by atoms with Crippen molar-refractivity contribution >= 4 is 28.6 Å². The van der Waals surface area contributed by atoms with E-state index >= 15 is 0 Å². The first-order chi connectivity index (χ1) is 11.2. The number of aromatic nitrogens is 3. The van der Waals surface area contributed by atoms with Crippen LogP contribution in [-0.2, 0) is 6.54 Å². The molecule has 1 N–H and O–H groups in total. The molecule has 7 heteroatoms. The van der Waals surface area contributed by atoms with Crippen LogP contribution in [0.3, 0.4) is 0 Å². The fourth-order valence-corrected chi connectivity index (χ4v) is 4.06. The summed E-state index contributed by atoms with van der Waals surface area (Å²) in [7, 11) is 1.80. The molecule has 0 unspecified atom stereocenters. The van der Waals surface area contributed by atoms with Gasteiger partial charge >= 0.3 is 0 Å². The average molecular weight is 344 g/mol. The predicted octanol–water partition coefficient (Wildman–Crippen LogP) is 3.74. The lowest BCUT2D eigenvalue weighted by molar-refractivity contribution is 0.0778. The Bertz CT molecular complexity index is 817. The van der Waals surface area contributed by atoms with Gasteiger partial charge in [0.15, 0.2) is 0 Å². The van der Waals surface area contributed by atoms with E-state index in [1.165, 1.54) is 24.2 Å². The molecular weight excluding hydrogens is 328 g/mol. The quantitative estimate of drug-likeness (QED) is 0.767. The number of amides is 1.